The highest BCUT2D eigenvalue weighted by atomic mass is 32.1. The molecule has 0 aliphatic heterocycles. The molecule has 0 aliphatic rings. The van der Waals surface area contributed by atoms with E-state index < -0.39 is 0 Å². The monoisotopic (exact) mass is 221 g/mol. The highest BCUT2D eigenvalue weighted by Gasteiger charge is 2.04. The largest absolute Gasteiger partial charge is 0.308 e. The third-order valence-electron chi connectivity index (χ3n) is 2.32. The average Bonchev–Trinajstić information content (AvgIpc) is 2.90. The van der Waals surface area contributed by atoms with E-state index in [2.05, 4.69) is 34.9 Å². The van der Waals surface area contributed by atoms with Crippen LogP contribution in [0, 0.1) is 0 Å². The van der Waals surface area contributed by atoms with Gasteiger partial charge in [0.25, 0.3) is 0 Å². The van der Waals surface area contributed by atoms with E-state index in [9.17, 15) is 0 Å². The molecule has 0 amide bonds. The maximum Gasteiger partial charge on any atom is 0.0534 e. The van der Waals surface area contributed by atoms with Gasteiger partial charge in [0.1, 0.15) is 0 Å². The van der Waals surface area contributed by atoms with Crippen molar-refractivity contribution in [2.45, 2.75) is 19.5 Å². The van der Waals surface area contributed by atoms with Crippen LogP contribution < -0.4 is 5.32 Å². The Kier molecular flexibility index (Phi) is 3.53. The fourth-order valence-corrected chi connectivity index (χ4v) is 2.23. The Balaban J connectivity index is 1.74. The standard InChI is InChI=1S/C11H15N3S/c1-10(11-4-2-9-15-11)12-6-8-14-7-3-5-13-14/h2-5,7,9-10,12H,6,8H2,1H3/t10-/m1/s1. The summed E-state index contributed by atoms with van der Waals surface area (Å²) in [5.41, 5.74) is 0. The molecule has 2 heterocycles. The highest BCUT2D eigenvalue weighted by molar-refractivity contribution is 7.10. The maximum atomic E-state index is 4.16. The van der Waals surface area contributed by atoms with Gasteiger partial charge in [-0.1, -0.05) is 6.07 Å². The van der Waals surface area contributed by atoms with Crippen molar-refractivity contribution in [3.63, 3.8) is 0 Å². The van der Waals surface area contributed by atoms with Crippen LogP contribution in [0.4, 0.5) is 0 Å². The summed E-state index contributed by atoms with van der Waals surface area (Å²) in [6.07, 6.45) is 3.79. The molecule has 80 valence electrons. The van der Waals surface area contributed by atoms with Gasteiger partial charge in [-0.3, -0.25) is 4.68 Å². The molecule has 0 saturated carbocycles. The molecule has 1 N–H and O–H groups in total. The molecule has 0 unspecified atom stereocenters. The Morgan fingerprint density at radius 2 is 2.47 bits per heavy atom. The lowest BCUT2D eigenvalue weighted by atomic mass is 10.3. The van der Waals surface area contributed by atoms with Crippen LogP contribution in [0.1, 0.15) is 17.8 Å². The number of hydrogen-bond acceptors (Lipinski definition) is 3. The summed E-state index contributed by atoms with van der Waals surface area (Å²) in [6, 6.07) is 6.63. The minimum absolute atomic E-state index is 0.431. The van der Waals surface area contributed by atoms with Crippen molar-refractivity contribution in [1.82, 2.24) is 15.1 Å². The Labute approximate surface area is 93.7 Å². The number of aromatic nitrogens is 2. The molecule has 15 heavy (non-hydrogen) atoms. The molecular formula is C11H15N3S. The average molecular weight is 221 g/mol. The van der Waals surface area contributed by atoms with Gasteiger partial charge in [-0.2, -0.15) is 5.10 Å². The minimum atomic E-state index is 0.431. The molecule has 0 radical (unpaired) electrons. The molecule has 0 spiro atoms. The summed E-state index contributed by atoms with van der Waals surface area (Å²) in [4.78, 5) is 1.38. The summed E-state index contributed by atoms with van der Waals surface area (Å²) < 4.78 is 1.94. The van der Waals surface area contributed by atoms with Crippen molar-refractivity contribution < 1.29 is 0 Å². The SMILES string of the molecule is C[C@@H](NCCn1cccn1)c1cccs1. The van der Waals surface area contributed by atoms with Gasteiger partial charge in [-0.25, -0.2) is 0 Å². The van der Waals surface area contributed by atoms with E-state index in [0.717, 1.165) is 13.1 Å². The van der Waals surface area contributed by atoms with Crippen molar-refractivity contribution in [1.29, 1.82) is 0 Å². The first kappa shape index (κ1) is 10.4. The van der Waals surface area contributed by atoms with E-state index in [4.69, 9.17) is 0 Å². The number of nitrogens with zero attached hydrogens (tertiary/aromatic N) is 2. The lowest BCUT2D eigenvalue weighted by Crippen LogP contribution is -2.22. The van der Waals surface area contributed by atoms with Crippen LogP contribution in [-0.2, 0) is 6.54 Å². The van der Waals surface area contributed by atoms with Crippen molar-refractivity contribution in [3.8, 4) is 0 Å². The topological polar surface area (TPSA) is 29.9 Å². The summed E-state index contributed by atoms with van der Waals surface area (Å²) in [5, 5.41) is 9.74. The van der Waals surface area contributed by atoms with E-state index in [-0.39, 0.29) is 0 Å². The molecule has 0 saturated heterocycles. The number of nitrogens with one attached hydrogen (secondary N) is 1. The molecule has 1 atom stereocenters. The Morgan fingerprint density at radius 3 is 3.13 bits per heavy atom. The summed E-state index contributed by atoms with van der Waals surface area (Å²) in [5.74, 6) is 0. The Bertz CT molecular complexity index is 366. The predicted molar refractivity (Wildman–Crippen MR) is 63.0 cm³/mol. The molecule has 0 aliphatic carbocycles. The second-order valence-electron chi connectivity index (χ2n) is 3.46. The fraction of sp³-hybridized carbons (Fsp3) is 0.364. The number of thiophene rings is 1. The zero-order valence-electron chi connectivity index (χ0n) is 8.76. The van der Waals surface area contributed by atoms with Crippen molar-refractivity contribution >= 4 is 11.3 Å². The van der Waals surface area contributed by atoms with Gasteiger partial charge in [0.2, 0.25) is 0 Å². The molecule has 0 aromatic carbocycles. The third-order valence-corrected chi connectivity index (χ3v) is 3.38. The molecule has 2 aromatic rings. The first-order valence-electron chi connectivity index (χ1n) is 5.10. The van der Waals surface area contributed by atoms with E-state index in [1.807, 2.05) is 23.1 Å². The van der Waals surface area contributed by atoms with Crippen LogP contribution >= 0.6 is 11.3 Å². The predicted octanol–water partition coefficient (Wildman–Crippen LogP) is 2.30. The highest BCUT2D eigenvalue weighted by Crippen LogP contribution is 2.17. The second kappa shape index (κ2) is 5.09. The van der Waals surface area contributed by atoms with Crippen molar-refractivity contribution in [3.05, 3.63) is 40.8 Å². The van der Waals surface area contributed by atoms with Crippen molar-refractivity contribution in [2.75, 3.05) is 6.54 Å². The van der Waals surface area contributed by atoms with Crippen LogP contribution in [0.2, 0.25) is 0 Å². The lowest BCUT2D eigenvalue weighted by molar-refractivity contribution is 0.511. The molecule has 4 heteroatoms. The third kappa shape index (κ3) is 2.91. The van der Waals surface area contributed by atoms with E-state index in [1.165, 1.54) is 4.88 Å². The number of hydrogen-bond donors (Lipinski definition) is 1. The molecular weight excluding hydrogens is 206 g/mol. The van der Waals surface area contributed by atoms with Crippen LogP contribution in [0.15, 0.2) is 36.0 Å². The molecule has 2 rings (SSSR count). The van der Waals surface area contributed by atoms with E-state index in [1.54, 1.807) is 11.3 Å². The molecule has 0 fully saturated rings. The van der Waals surface area contributed by atoms with Gasteiger partial charge in [0.05, 0.1) is 6.54 Å². The van der Waals surface area contributed by atoms with Crippen LogP contribution in [0.25, 0.3) is 0 Å². The quantitative estimate of drug-likeness (QED) is 0.839. The Hall–Kier alpha value is -1.13. The normalized spacial score (nSPS) is 12.9. The van der Waals surface area contributed by atoms with Crippen LogP contribution in [0.3, 0.4) is 0 Å². The van der Waals surface area contributed by atoms with Crippen LogP contribution in [-0.4, -0.2) is 16.3 Å². The van der Waals surface area contributed by atoms with Crippen molar-refractivity contribution in [2.24, 2.45) is 0 Å². The van der Waals surface area contributed by atoms with Gasteiger partial charge in [0.15, 0.2) is 0 Å². The first-order valence-corrected chi connectivity index (χ1v) is 5.98. The fourth-order valence-electron chi connectivity index (χ4n) is 1.47. The molecule has 2 aromatic heterocycles. The molecule has 3 nitrogen and oxygen atoms in total. The minimum Gasteiger partial charge on any atom is -0.308 e. The zero-order chi connectivity index (χ0) is 10.5. The maximum absolute atomic E-state index is 4.16. The summed E-state index contributed by atoms with van der Waals surface area (Å²) in [7, 11) is 0. The zero-order valence-corrected chi connectivity index (χ0v) is 9.57. The van der Waals surface area contributed by atoms with Gasteiger partial charge in [0, 0.05) is 29.9 Å². The van der Waals surface area contributed by atoms with Gasteiger partial charge < -0.3 is 5.32 Å². The summed E-state index contributed by atoms with van der Waals surface area (Å²) >= 11 is 1.79. The Morgan fingerprint density at radius 1 is 1.53 bits per heavy atom. The van der Waals surface area contributed by atoms with E-state index >= 15 is 0 Å². The second-order valence-corrected chi connectivity index (χ2v) is 4.44. The molecule has 0 bridgehead atoms. The number of rotatable bonds is 5. The first-order chi connectivity index (χ1) is 7.36. The van der Waals surface area contributed by atoms with Gasteiger partial charge in [-0.15, -0.1) is 11.3 Å². The smallest absolute Gasteiger partial charge is 0.0534 e. The van der Waals surface area contributed by atoms with Gasteiger partial charge in [-0.05, 0) is 24.4 Å². The lowest BCUT2D eigenvalue weighted by Gasteiger charge is -2.11. The van der Waals surface area contributed by atoms with Gasteiger partial charge >= 0.3 is 0 Å². The van der Waals surface area contributed by atoms with Crippen LogP contribution in [0.5, 0.6) is 0 Å². The summed E-state index contributed by atoms with van der Waals surface area (Å²) in [6.45, 7) is 4.05. The van der Waals surface area contributed by atoms with E-state index in [0.29, 0.717) is 6.04 Å².